The van der Waals surface area contributed by atoms with E-state index in [0.717, 1.165) is 28.4 Å². The van der Waals surface area contributed by atoms with Crippen LogP contribution in [0.2, 0.25) is 5.02 Å². The average molecular weight is 364 g/mol. The molecule has 0 unspecified atom stereocenters. The molecule has 0 saturated heterocycles. The number of halogens is 1. The van der Waals surface area contributed by atoms with E-state index in [1.165, 1.54) is 0 Å². The van der Waals surface area contributed by atoms with Crippen molar-refractivity contribution in [3.8, 4) is 10.6 Å². The highest BCUT2D eigenvalue weighted by Crippen LogP contribution is 2.23. The van der Waals surface area contributed by atoms with Crippen molar-refractivity contribution in [2.24, 2.45) is 0 Å². The molecule has 3 heterocycles. The minimum absolute atomic E-state index is 0.180. The number of amides is 1. The number of hydrogen-bond donors (Lipinski definition) is 2. The molecule has 0 aliphatic rings. The van der Waals surface area contributed by atoms with Gasteiger partial charge in [0.2, 0.25) is 0 Å². The van der Waals surface area contributed by atoms with Crippen LogP contribution in [0, 0.1) is 13.8 Å². The molecule has 3 aromatic rings. The maximum atomic E-state index is 12.1. The molecule has 24 heavy (non-hydrogen) atoms. The fraction of sp³-hybridized carbons (Fsp3) is 0.312. The van der Waals surface area contributed by atoms with E-state index < -0.39 is 0 Å². The number of carbonyl (C=O) groups excluding carboxylic acids is 1. The van der Waals surface area contributed by atoms with Crippen LogP contribution in [0.4, 0.5) is 0 Å². The lowest BCUT2D eigenvalue weighted by atomic mass is 10.3. The second-order valence-electron chi connectivity index (χ2n) is 5.46. The largest absolute Gasteiger partial charge is 0.351 e. The predicted octanol–water partition coefficient (Wildman–Crippen LogP) is 3.43. The molecule has 0 aromatic carbocycles. The molecule has 0 spiro atoms. The number of hydrogen-bond acceptors (Lipinski definition) is 4. The summed E-state index contributed by atoms with van der Waals surface area (Å²) in [4.78, 5) is 13.2. The van der Waals surface area contributed by atoms with Gasteiger partial charge in [-0.3, -0.25) is 14.6 Å². The molecule has 0 fully saturated rings. The van der Waals surface area contributed by atoms with E-state index >= 15 is 0 Å². The second-order valence-corrected chi connectivity index (χ2v) is 6.79. The van der Waals surface area contributed by atoms with Crippen LogP contribution in [0.25, 0.3) is 10.6 Å². The van der Waals surface area contributed by atoms with Gasteiger partial charge in [-0.1, -0.05) is 17.7 Å². The Bertz CT molecular complexity index is 837. The van der Waals surface area contributed by atoms with Crippen molar-refractivity contribution >= 4 is 28.8 Å². The third-order valence-electron chi connectivity index (χ3n) is 3.72. The van der Waals surface area contributed by atoms with E-state index in [2.05, 4.69) is 20.6 Å². The number of nitrogens with zero attached hydrogens (tertiary/aromatic N) is 3. The lowest BCUT2D eigenvalue weighted by Gasteiger charge is -2.05. The van der Waals surface area contributed by atoms with Crippen LogP contribution >= 0.6 is 22.9 Å². The van der Waals surface area contributed by atoms with E-state index in [1.54, 1.807) is 17.4 Å². The zero-order chi connectivity index (χ0) is 17.1. The molecule has 3 aromatic heterocycles. The number of aromatic nitrogens is 4. The summed E-state index contributed by atoms with van der Waals surface area (Å²) in [6, 6.07) is 5.72. The predicted molar refractivity (Wildman–Crippen MR) is 95.6 cm³/mol. The zero-order valence-corrected chi connectivity index (χ0v) is 15.0. The number of H-pyrrole nitrogens is 1. The van der Waals surface area contributed by atoms with Crippen LogP contribution in [-0.2, 0) is 6.54 Å². The Morgan fingerprint density at radius 1 is 1.46 bits per heavy atom. The summed E-state index contributed by atoms with van der Waals surface area (Å²) >= 11 is 7.72. The smallest absolute Gasteiger partial charge is 0.271 e. The summed E-state index contributed by atoms with van der Waals surface area (Å²) in [5, 5.41) is 16.9. The molecule has 2 N–H and O–H groups in total. The molecular weight excluding hydrogens is 346 g/mol. The summed E-state index contributed by atoms with van der Waals surface area (Å²) in [6.07, 6.45) is 0.770. The van der Waals surface area contributed by atoms with Crippen LogP contribution < -0.4 is 5.32 Å². The number of aryl methyl sites for hydroxylation is 2. The average Bonchev–Trinajstić information content (AvgIpc) is 3.29. The maximum Gasteiger partial charge on any atom is 0.271 e. The first-order chi connectivity index (χ1) is 11.6. The number of thiophene rings is 1. The van der Waals surface area contributed by atoms with Crippen LogP contribution in [0.3, 0.4) is 0 Å². The van der Waals surface area contributed by atoms with E-state index in [1.807, 2.05) is 36.0 Å². The molecule has 0 atom stereocenters. The molecule has 0 bridgehead atoms. The zero-order valence-electron chi connectivity index (χ0n) is 13.5. The van der Waals surface area contributed by atoms with Crippen molar-refractivity contribution < 1.29 is 4.79 Å². The second kappa shape index (κ2) is 7.19. The molecule has 3 rings (SSSR count). The van der Waals surface area contributed by atoms with Crippen LogP contribution in [0.5, 0.6) is 0 Å². The van der Waals surface area contributed by atoms with Crippen molar-refractivity contribution in [1.29, 1.82) is 0 Å². The van der Waals surface area contributed by atoms with Gasteiger partial charge in [0.05, 0.1) is 27.0 Å². The van der Waals surface area contributed by atoms with Crippen LogP contribution in [0.15, 0.2) is 23.6 Å². The third-order valence-corrected chi connectivity index (χ3v) is 5.17. The summed E-state index contributed by atoms with van der Waals surface area (Å²) < 4.78 is 1.87. The van der Waals surface area contributed by atoms with E-state index in [0.29, 0.717) is 23.8 Å². The number of carbonyl (C=O) groups is 1. The van der Waals surface area contributed by atoms with Gasteiger partial charge in [0.25, 0.3) is 5.91 Å². The first kappa shape index (κ1) is 16.7. The SMILES string of the molecule is Cc1nn(CCCNC(=O)c2cc(-c3cccs3)[nH]n2)c(C)c1Cl. The minimum atomic E-state index is -0.180. The van der Waals surface area contributed by atoms with E-state index in [4.69, 9.17) is 11.6 Å². The van der Waals surface area contributed by atoms with Gasteiger partial charge in [-0.15, -0.1) is 11.3 Å². The fourth-order valence-corrected chi connectivity index (χ4v) is 3.24. The molecule has 8 heteroatoms. The molecule has 0 radical (unpaired) electrons. The summed E-state index contributed by atoms with van der Waals surface area (Å²) in [7, 11) is 0. The monoisotopic (exact) mass is 363 g/mol. The number of nitrogens with one attached hydrogen (secondary N) is 2. The minimum Gasteiger partial charge on any atom is -0.351 e. The van der Waals surface area contributed by atoms with Crippen molar-refractivity contribution in [1.82, 2.24) is 25.3 Å². The lowest BCUT2D eigenvalue weighted by molar-refractivity contribution is 0.0947. The Kier molecular flexibility index (Phi) is 5.01. The third kappa shape index (κ3) is 3.52. The maximum absolute atomic E-state index is 12.1. The van der Waals surface area contributed by atoms with Gasteiger partial charge in [0.1, 0.15) is 0 Å². The topological polar surface area (TPSA) is 75.6 Å². The molecule has 0 aliphatic carbocycles. The molecule has 6 nitrogen and oxygen atoms in total. The number of aromatic amines is 1. The van der Waals surface area contributed by atoms with Gasteiger partial charge in [-0.25, -0.2) is 0 Å². The normalized spacial score (nSPS) is 11.0. The van der Waals surface area contributed by atoms with Crippen molar-refractivity contribution in [2.75, 3.05) is 6.54 Å². The van der Waals surface area contributed by atoms with Crippen LogP contribution in [-0.4, -0.2) is 32.4 Å². The van der Waals surface area contributed by atoms with Gasteiger partial charge in [0.15, 0.2) is 5.69 Å². The van der Waals surface area contributed by atoms with Gasteiger partial charge >= 0.3 is 0 Å². The Labute approximate surface area is 148 Å². The Morgan fingerprint density at radius 3 is 2.96 bits per heavy atom. The Hall–Kier alpha value is -2.12. The van der Waals surface area contributed by atoms with E-state index in [-0.39, 0.29) is 5.91 Å². The summed E-state index contributed by atoms with van der Waals surface area (Å²) in [5.41, 5.74) is 3.03. The van der Waals surface area contributed by atoms with Gasteiger partial charge in [-0.05, 0) is 37.8 Å². The van der Waals surface area contributed by atoms with Gasteiger partial charge in [0, 0.05) is 13.1 Å². The Balaban J connectivity index is 1.50. The first-order valence-corrected chi connectivity index (χ1v) is 8.89. The summed E-state index contributed by atoms with van der Waals surface area (Å²) in [6.45, 7) is 5.09. The molecule has 126 valence electrons. The van der Waals surface area contributed by atoms with Crippen molar-refractivity contribution in [3.63, 3.8) is 0 Å². The fourth-order valence-electron chi connectivity index (χ4n) is 2.41. The molecular formula is C16H18ClN5OS. The van der Waals surface area contributed by atoms with Crippen molar-refractivity contribution in [3.05, 3.63) is 45.7 Å². The highest BCUT2D eigenvalue weighted by Gasteiger charge is 2.12. The lowest BCUT2D eigenvalue weighted by Crippen LogP contribution is -2.25. The van der Waals surface area contributed by atoms with Crippen LogP contribution in [0.1, 0.15) is 28.3 Å². The highest BCUT2D eigenvalue weighted by molar-refractivity contribution is 7.13. The highest BCUT2D eigenvalue weighted by atomic mass is 35.5. The van der Waals surface area contributed by atoms with Gasteiger partial charge in [-0.2, -0.15) is 10.2 Å². The van der Waals surface area contributed by atoms with Gasteiger partial charge < -0.3 is 5.32 Å². The number of rotatable bonds is 6. The standard InChI is InChI=1S/C16H18ClN5OS/c1-10-15(17)11(2)22(21-10)7-4-6-18-16(23)13-9-12(19-20-13)14-5-3-8-24-14/h3,5,8-9H,4,6-7H2,1-2H3,(H,18,23)(H,19,20). The Morgan fingerprint density at radius 2 is 2.29 bits per heavy atom. The molecule has 1 amide bonds. The van der Waals surface area contributed by atoms with E-state index in [9.17, 15) is 4.79 Å². The first-order valence-electron chi connectivity index (χ1n) is 7.63. The molecule has 0 aliphatic heterocycles. The molecule has 0 saturated carbocycles. The van der Waals surface area contributed by atoms with Crippen molar-refractivity contribution in [2.45, 2.75) is 26.8 Å². The summed E-state index contributed by atoms with van der Waals surface area (Å²) in [5.74, 6) is -0.180. The quantitative estimate of drug-likeness (QED) is 0.659.